The highest BCUT2D eigenvalue weighted by atomic mass is 79.9. The van der Waals surface area contributed by atoms with Crippen LogP contribution in [0.5, 0.6) is 0 Å². The van der Waals surface area contributed by atoms with Gasteiger partial charge in [-0.15, -0.1) is 0 Å². The molecule has 0 saturated carbocycles. The van der Waals surface area contributed by atoms with Crippen molar-refractivity contribution in [3.8, 4) is 0 Å². The Hall–Kier alpha value is -3.45. The average Bonchev–Trinajstić information content (AvgIpc) is 3.50. The van der Waals surface area contributed by atoms with E-state index in [0.29, 0.717) is 41.1 Å². The second-order valence-corrected chi connectivity index (χ2v) is 13.4. The van der Waals surface area contributed by atoms with Gasteiger partial charge in [0.15, 0.2) is 0 Å². The van der Waals surface area contributed by atoms with Crippen LogP contribution in [0.1, 0.15) is 32.3 Å². The third-order valence-corrected chi connectivity index (χ3v) is 7.18. The molecule has 250 valence electrons. The fraction of sp³-hybridized carbons (Fsp3) is 0.303. The summed E-state index contributed by atoms with van der Waals surface area (Å²) < 4.78 is 23.5. The number of benzene rings is 3. The molecule has 4 rings (SSSR count). The van der Waals surface area contributed by atoms with Crippen LogP contribution in [0.3, 0.4) is 0 Å². The number of carbonyl (C=O) groups excluding carboxylic acids is 3. The number of hydrogen-bond donors (Lipinski definition) is 4. The van der Waals surface area contributed by atoms with Crippen LogP contribution in [0.15, 0.2) is 83.9 Å². The maximum Gasteiger partial charge on any atom is 0.322 e. The first-order valence-electron chi connectivity index (χ1n) is 14.0. The van der Waals surface area contributed by atoms with Crippen molar-refractivity contribution in [2.75, 3.05) is 43.6 Å². The van der Waals surface area contributed by atoms with Crippen LogP contribution in [-0.2, 0) is 23.9 Å². The molecule has 6 N–H and O–H groups in total. The normalized spacial score (nSPS) is 14.9. The van der Waals surface area contributed by atoms with Gasteiger partial charge in [-0.25, -0.2) is 4.39 Å². The van der Waals surface area contributed by atoms with Gasteiger partial charge in [0.25, 0.3) is 0 Å². The van der Waals surface area contributed by atoms with E-state index >= 15 is 0 Å². The smallest absolute Gasteiger partial charge is 0.322 e. The molecular formula is C33H40Br2ClFN4O5. The lowest BCUT2D eigenvalue weighted by Gasteiger charge is -2.18. The molecule has 46 heavy (non-hydrogen) atoms. The number of nitrogens with two attached hydrogens (primary N) is 2. The molecule has 13 heteroatoms. The van der Waals surface area contributed by atoms with Crippen LogP contribution in [0.4, 0.5) is 21.5 Å². The molecule has 0 aliphatic carbocycles. The van der Waals surface area contributed by atoms with E-state index < -0.39 is 4.32 Å². The van der Waals surface area contributed by atoms with Crippen molar-refractivity contribution in [1.29, 1.82) is 0 Å². The van der Waals surface area contributed by atoms with Gasteiger partial charge in [0.2, 0.25) is 5.91 Å². The molecule has 1 heterocycles. The van der Waals surface area contributed by atoms with Crippen LogP contribution >= 0.6 is 43.5 Å². The number of rotatable bonds is 6. The molecule has 0 aromatic heterocycles. The number of hydrogen-bond acceptors (Lipinski definition) is 8. The predicted octanol–water partition coefficient (Wildman–Crippen LogP) is 7.10. The average molecular weight is 787 g/mol. The van der Waals surface area contributed by atoms with E-state index in [1.54, 1.807) is 81.4 Å². The van der Waals surface area contributed by atoms with Crippen LogP contribution in [0.25, 0.3) is 0 Å². The van der Waals surface area contributed by atoms with Gasteiger partial charge >= 0.3 is 11.9 Å². The number of methoxy groups -OCH3 is 1. The van der Waals surface area contributed by atoms with Crippen molar-refractivity contribution in [1.82, 2.24) is 5.32 Å². The standard InChI is InChI=1S/C13H15BrFNO2.C9H10N2O.C6H6ClN.C5H9BrO2/c1-2-18-13(17)11-7-16-6-10(11)9-4-3-8(14)5-12(9)15;1-2-9(12)11-8-6-4-3-5-7(8)10;7-5-1-3-6(8)4-2-5;1-5(2,6)4(7)8-3/h3-5,10-11,16H,2,6-7H2,1H3;2-6H,1,10H2,(H,11,12);1-4H,8H2;1-3H3. The van der Waals surface area contributed by atoms with Crippen LogP contribution in [0, 0.1) is 11.7 Å². The van der Waals surface area contributed by atoms with E-state index in [1.807, 2.05) is 0 Å². The Morgan fingerprint density at radius 2 is 1.74 bits per heavy atom. The van der Waals surface area contributed by atoms with E-state index in [-0.39, 0.29) is 35.5 Å². The number of ether oxygens (including phenoxy) is 2. The summed E-state index contributed by atoms with van der Waals surface area (Å²) in [6.07, 6.45) is 1.20. The maximum atomic E-state index is 13.9. The van der Waals surface area contributed by atoms with Gasteiger partial charge in [0.1, 0.15) is 10.1 Å². The first-order valence-corrected chi connectivity index (χ1v) is 16.0. The molecule has 1 aliphatic rings. The quantitative estimate of drug-likeness (QED) is 0.0897. The monoisotopic (exact) mass is 784 g/mol. The van der Waals surface area contributed by atoms with E-state index in [9.17, 15) is 18.8 Å². The zero-order valence-corrected chi connectivity index (χ0v) is 30.0. The third kappa shape index (κ3) is 14.8. The van der Waals surface area contributed by atoms with Gasteiger partial charge < -0.3 is 31.6 Å². The molecule has 0 radical (unpaired) electrons. The zero-order chi connectivity index (χ0) is 34.9. The van der Waals surface area contributed by atoms with Crippen molar-refractivity contribution < 1.29 is 28.2 Å². The molecular weight excluding hydrogens is 747 g/mol. The molecule has 1 fully saturated rings. The summed E-state index contributed by atoms with van der Waals surface area (Å²) in [6.45, 7) is 10.1. The highest BCUT2D eigenvalue weighted by Gasteiger charge is 2.36. The number of alkyl halides is 1. The first kappa shape index (κ1) is 40.6. The Balaban J connectivity index is 0.000000328. The fourth-order valence-corrected chi connectivity index (χ4v) is 4.43. The number of anilines is 3. The summed E-state index contributed by atoms with van der Waals surface area (Å²) in [5, 5.41) is 6.42. The highest BCUT2D eigenvalue weighted by molar-refractivity contribution is 9.10. The Kier molecular flexibility index (Phi) is 18.2. The van der Waals surface area contributed by atoms with E-state index in [2.05, 4.69) is 53.8 Å². The van der Waals surface area contributed by atoms with Gasteiger partial charge in [-0.2, -0.15) is 0 Å². The Morgan fingerprint density at radius 3 is 2.22 bits per heavy atom. The number of esters is 2. The van der Waals surface area contributed by atoms with E-state index in [4.69, 9.17) is 27.8 Å². The first-order chi connectivity index (χ1) is 21.6. The maximum absolute atomic E-state index is 13.9. The molecule has 3 aromatic rings. The van der Waals surface area contributed by atoms with Gasteiger partial charge in [-0.05, 0) is 80.9 Å². The number of carbonyl (C=O) groups is 3. The minimum atomic E-state index is -0.540. The highest BCUT2D eigenvalue weighted by Crippen LogP contribution is 2.32. The number of halogens is 4. The van der Waals surface area contributed by atoms with Crippen molar-refractivity contribution >= 4 is 78.4 Å². The molecule has 2 atom stereocenters. The molecule has 9 nitrogen and oxygen atoms in total. The topological polar surface area (TPSA) is 146 Å². The molecule has 1 amide bonds. The summed E-state index contributed by atoms with van der Waals surface area (Å²) in [7, 11) is 1.37. The summed E-state index contributed by atoms with van der Waals surface area (Å²) in [5.41, 5.74) is 13.4. The third-order valence-electron chi connectivity index (χ3n) is 6.11. The van der Waals surface area contributed by atoms with Crippen molar-refractivity contribution in [3.05, 3.63) is 100 Å². The minimum absolute atomic E-state index is 0.155. The van der Waals surface area contributed by atoms with Gasteiger partial charge in [-0.3, -0.25) is 14.4 Å². The summed E-state index contributed by atoms with van der Waals surface area (Å²) >= 11 is 11.9. The Morgan fingerprint density at radius 1 is 1.11 bits per heavy atom. The predicted molar refractivity (Wildman–Crippen MR) is 190 cm³/mol. The van der Waals surface area contributed by atoms with Gasteiger partial charge in [0.05, 0.1) is 31.0 Å². The van der Waals surface area contributed by atoms with Gasteiger partial charge in [-0.1, -0.05) is 68.2 Å². The lowest BCUT2D eigenvalue weighted by atomic mass is 9.88. The molecule has 3 aromatic carbocycles. The van der Waals surface area contributed by atoms with E-state index in [0.717, 1.165) is 10.7 Å². The number of amides is 1. The second-order valence-electron chi connectivity index (χ2n) is 10.1. The van der Waals surface area contributed by atoms with E-state index in [1.165, 1.54) is 19.3 Å². The SMILES string of the molecule is C=CC(=O)Nc1ccccc1N.CCOC(=O)C1CNCC1c1ccc(Br)cc1F.COC(=O)C(C)(C)Br.Nc1ccc(Cl)cc1. The lowest BCUT2D eigenvalue weighted by molar-refractivity contribution is -0.147. The van der Waals surface area contributed by atoms with Crippen LogP contribution in [0.2, 0.25) is 5.02 Å². The number of nitrogen functional groups attached to an aromatic ring is 2. The summed E-state index contributed by atoms with van der Waals surface area (Å²) in [6, 6.07) is 19.1. The van der Waals surface area contributed by atoms with Crippen molar-refractivity contribution in [3.63, 3.8) is 0 Å². The molecule has 2 unspecified atom stereocenters. The van der Waals surface area contributed by atoms with Crippen molar-refractivity contribution in [2.45, 2.75) is 31.0 Å². The number of nitrogens with one attached hydrogen (secondary N) is 2. The van der Waals surface area contributed by atoms with Crippen LogP contribution < -0.4 is 22.1 Å². The summed E-state index contributed by atoms with van der Waals surface area (Å²) in [4.78, 5) is 33.2. The summed E-state index contributed by atoms with van der Waals surface area (Å²) in [5.74, 6) is -1.51. The number of para-hydroxylation sites is 2. The van der Waals surface area contributed by atoms with Crippen LogP contribution in [-0.4, -0.2) is 49.0 Å². The Bertz CT molecular complexity index is 1420. The Labute approximate surface area is 291 Å². The van der Waals surface area contributed by atoms with Crippen molar-refractivity contribution in [2.24, 2.45) is 5.92 Å². The molecule has 0 spiro atoms. The largest absolute Gasteiger partial charge is 0.468 e. The molecule has 1 aliphatic heterocycles. The molecule has 1 saturated heterocycles. The molecule has 0 bridgehead atoms. The second kappa shape index (κ2) is 20.6. The zero-order valence-electron chi connectivity index (χ0n) is 26.1. The lowest BCUT2D eigenvalue weighted by Crippen LogP contribution is -2.24. The van der Waals surface area contributed by atoms with Gasteiger partial charge in [0, 0.05) is 34.2 Å². The minimum Gasteiger partial charge on any atom is -0.468 e. The fourth-order valence-electron chi connectivity index (χ4n) is 3.80.